The summed E-state index contributed by atoms with van der Waals surface area (Å²) in [6, 6.07) is -8.26. The minimum Gasteiger partial charge on any atom is -0.508 e. The SMILES string of the molecule is C[C@H](NC(=O)[C@@H]1CCCN1C(=O)[C@@H](NC(=O)[C@@H](NC(=O)[C@H](CC(=O)O)NC(=O)[C@H](CO)NC(=O)[C@H](CO)NC(=O)[C@H](Cc1ccc(O)cc1)NC(=O)[C@@H]1CCCN1)[C@@H](C)O)[C@@H](C)O)C(=O)O. The van der Waals surface area contributed by atoms with E-state index in [4.69, 9.17) is 5.11 Å². The van der Waals surface area contributed by atoms with E-state index in [-0.39, 0.29) is 25.1 Å². The normalized spacial score (nSPS) is 19.8. The third-order valence-electron chi connectivity index (χ3n) is 10.7. The smallest absolute Gasteiger partial charge is 0.325 e. The van der Waals surface area contributed by atoms with Crippen molar-refractivity contribution < 1.29 is 83.7 Å². The van der Waals surface area contributed by atoms with Gasteiger partial charge in [-0.3, -0.25) is 47.9 Å². The second kappa shape index (κ2) is 25.3. The number of nitrogens with zero attached hydrogens (tertiary/aromatic N) is 1. The van der Waals surface area contributed by atoms with Crippen LogP contribution in [0.3, 0.4) is 0 Å². The topological polar surface area (TPSA) is 412 Å². The number of carbonyl (C=O) groups is 10. The van der Waals surface area contributed by atoms with Crippen LogP contribution in [0.5, 0.6) is 5.75 Å². The van der Waals surface area contributed by atoms with Crippen molar-refractivity contribution in [2.75, 3.05) is 26.3 Å². The molecule has 3 rings (SSSR count). The molecule has 2 aliphatic rings. The summed E-state index contributed by atoms with van der Waals surface area (Å²) >= 11 is 0. The number of hydrogen-bond donors (Lipinski definition) is 15. The van der Waals surface area contributed by atoms with Crippen molar-refractivity contribution >= 4 is 59.2 Å². The summed E-state index contributed by atoms with van der Waals surface area (Å²) in [5, 5.41) is 88.0. The summed E-state index contributed by atoms with van der Waals surface area (Å²) in [5.74, 6) is -11.6. The van der Waals surface area contributed by atoms with Crippen molar-refractivity contribution in [3.8, 4) is 5.75 Å². The number of carbonyl (C=O) groups excluding carboxylic acids is 8. The first-order chi connectivity index (χ1) is 31.1. The average Bonchev–Trinajstić information content (AvgIpc) is 3.99. The number of phenols is 1. The Labute approximate surface area is 377 Å². The van der Waals surface area contributed by atoms with Gasteiger partial charge in [0.2, 0.25) is 47.3 Å². The van der Waals surface area contributed by atoms with E-state index in [1.54, 1.807) is 0 Å². The summed E-state index contributed by atoms with van der Waals surface area (Å²) in [4.78, 5) is 130. The highest BCUT2D eigenvalue weighted by atomic mass is 16.4. The van der Waals surface area contributed by atoms with Gasteiger partial charge in [-0.2, -0.15) is 0 Å². The molecular weight excluding hydrogens is 878 g/mol. The summed E-state index contributed by atoms with van der Waals surface area (Å²) < 4.78 is 0. The predicted molar refractivity (Wildman–Crippen MR) is 224 cm³/mol. The van der Waals surface area contributed by atoms with Gasteiger partial charge in [-0.05, 0) is 70.7 Å². The summed E-state index contributed by atoms with van der Waals surface area (Å²) in [5.41, 5.74) is 0.499. The molecule has 0 aliphatic carbocycles. The van der Waals surface area contributed by atoms with Crippen molar-refractivity contribution in [1.29, 1.82) is 0 Å². The molecule has 0 aromatic heterocycles. The van der Waals surface area contributed by atoms with Crippen molar-refractivity contribution in [2.45, 2.75) is 126 Å². The van der Waals surface area contributed by atoms with E-state index in [9.17, 15) is 78.6 Å². The standard InChI is InChI=1S/C40H59N9O17/c1-18(40(65)66)42-37(62)28-7-5-13-49(28)39(64)31(20(3)53)48-38(63)30(19(2)52)47-34(59)25(15-29(55)56)44-35(60)26(16-50)46-36(61)27(17-51)45-33(58)24(14-21-8-10-22(54)11-9-21)43-32(57)23-6-4-12-41-23/h8-11,18-20,23-28,30-31,41,50-54H,4-7,12-17H2,1-3H3,(H,42,62)(H,43,57)(H,44,60)(H,45,58)(H,46,61)(H,47,59)(H,48,63)(H,55,56)(H,65,66)/t18-,19+,20+,23-,24-,25-,26-,27-,28-,30-,31-/m0/s1. The summed E-state index contributed by atoms with van der Waals surface area (Å²) in [6.07, 6.45) is -3.06. The van der Waals surface area contributed by atoms with Gasteiger partial charge in [0.25, 0.3) is 0 Å². The number of aliphatic hydroxyl groups is 4. The minimum absolute atomic E-state index is 0.0180. The Bertz CT molecular complexity index is 1930. The lowest BCUT2D eigenvalue weighted by Gasteiger charge is -2.32. The molecule has 1 aromatic rings. The molecule has 366 valence electrons. The van der Waals surface area contributed by atoms with Crippen LogP contribution in [-0.2, 0) is 54.4 Å². The number of carboxylic acids is 2. The van der Waals surface area contributed by atoms with E-state index in [1.165, 1.54) is 31.2 Å². The van der Waals surface area contributed by atoms with E-state index in [0.717, 1.165) is 18.7 Å². The van der Waals surface area contributed by atoms with Gasteiger partial charge in [-0.15, -0.1) is 0 Å². The van der Waals surface area contributed by atoms with Gasteiger partial charge in [0.05, 0.1) is 37.9 Å². The van der Waals surface area contributed by atoms with E-state index >= 15 is 0 Å². The second-order valence-corrected chi connectivity index (χ2v) is 15.9. The molecule has 2 heterocycles. The number of amides is 8. The Hall–Kier alpha value is -6.48. The van der Waals surface area contributed by atoms with E-state index in [1.807, 2.05) is 5.32 Å². The van der Waals surface area contributed by atoms with Crippen LogP contribution in [0.25, 0.3) is 0 Å². The fraction of sp³-hybridized carbons (Fsp3) is 0.600. The van der Waals surface area contributed by atoms with Gasteiger partial charge in [-0.1, -0.05) is 12.1 Å². The summed E-state index contributed by atoms with van der Waals surface area (Å²) in [7, 11) is 0. The highest BCUT2D eigenvalue weighted by molar-refractivity contribution is 5.99. The molecule has 0 saturated carbocycles. The third-order valence-corrected chi connectivity index (χ3v) is 10.7. The Kier molecular flexibility index (Phi) is 20.6. The maximum absolute atomic E-state index is 13.6. The lowest BCUT2D eigenvalue weighted by Crippen LogP contribution is -2.63. The van der Waals surface area contributed by atoms with Gasteiger partial charge in [0.1, 0.15) is 54.1 Å². The van der Waals surface area contributed by atoms with Crippen LogP contribution < -0.4 is 42.5 Å². The molecule has 26 heteroatoms. The van der Waals surface area contributed by atoms with Crippen LogP contribution in [0.15, 0.2) is 24.3 Å². The van der Waals surface area contributed by atoms with E-state index < -0.39 is 145 Å². The van der Waals surface area contributed by atoms with E-state index in [2.05, 4.69) is 37.2 Å². The maximum Gasteiger partial charge on any atom is 0.325 e. The summed E-state index contributed by atoms with van der Waals surface area (Å²) in [6.45, 7) is 1.67. The molecule has 26 nitrogen and oxygen atoms in total. The van der Waals surface area contributed by atoms with Crippen molar-refractivity contribution in [2.24, 2.45) is 0 Å². The maximum atomic E-state index is 13.6. The van der Waals surface area contributed by atoms with Crippen molar-refractivity contribution in [3.63, 3.8) is 0 Å². The zero-order chi connectivity index (χ0) is 49.4. The first-order valence-corrected chi connectivity index (χ1v) is 21.0. The molecule has 2 saturated heterocycles. The van der Waals surface area contributed by atoms with Crippen LogP contribution in [0.4, 0.5) is 0 Å². The Morgan fingerprint density at radius 1 is 0.652 bits per heavy atom. The molecule has 0 unspecified atom stereocenters. The second-order valence-electron chi connectivity index (χ2n) is 15.9. The minimum atomic E-state index is -2.06. The van der Waals surface area contributed by atoms with Crippen LogP contribution in [0.1, 0.15) is 58.4 Å². The lowest BCUT2D eigenvalue weighted by molar-refractivity contribution is -0.146. The number of phenolic OH excluding ortho intramolecular Hbond substituents is 1. The molecule has 0 bridgehead atoms. The van der Waals surface area contributed by atoms with Gasteiger partial charge < -0.3 is 83.2 Å². The van der Waals surface area contributed by atoms with E-state index in [0.29, 0.717) is 31.4 Å². The number of carboxylic acid groups (broad SMARTS) is 2. The van der Waals surface area contributed by atoms with Gasteiger partial charge in [-0.25, -0.2) is 0 Å². The number of hydrogen-bond acceptors (Lipinski definition) is 16. The van der Waals surface area contributed by atoms with Crippen LogP contribution >= 0.6 is 0 Å². The molecule has 0 spiro atoms. The number of aliphatic hydroxyl groups excluding tert-OH is 4. The first kappa shape index (κ1) is 53.9. The van der Waals surface area contributed by atoms with Crippen molar-refractivity contribution in [3.05, 3.63) is 29.8 Å². The molecule has 2 aliphatic heterocycles. The number of likely N-dealkylation sites (tertiary alicyclic amines) is 1. The molecule has 1 aromatic carbocycles. The average molecular weight is 938 g/mol. The molecule has 15 N–H and O–H groups in total. The Morgan fingerprint density at radius 3 is 1.68 bits per heavy atom. The molecule has 0 radical (unpaired) electrons. The highest BCUT2D eigenvalue weighted by Gasteiger charge is 2.42. The molecule has 8 amide bonds. The lowest BCUT2D eigenvalue weighted by atomic mass is 10.0. The zero-order valence-corrected chi connectivity index (χ0v) is 36.4. The van der Waals surface area contributed by atoms with Crippen LogP contribution in [0.2, 0.25) is 0 Å². The predicted octanol–water partition coefficient (Wildman–Crippen LogP) is -6.60. The van der Waals surface area contributed by atoms with Crippen LogP contribution in [-0.4, -0.2) is 193 Å². The molecular formula is C40H59N9O17. The highest BCUT2D eigenvalue weighted by Crippen LogP contribution is 2.20. The largest absolute Gasteiger partial charge is 0.508 e. The fourth-order valence-electron chi connectivity index (χ4n) is 6.99. The van der Waals surface area contributed by atoms with Crippen LogP contribution in [0, 0.1) is 0 Å². The molecule has 2 fully saturated rings. The number of aliphatic carboxylic acids is 2. The first-order valence-electron chi connectivity index (χ1n) is 21.0. The van der Waals surface area contributed by atoms with Crippen molar-refractivity contribution in [1.82, 2.24) is 47.4 Å². The number of nitrogens with one attached hydrogen (secondary N) is 8. The number of benzene rings is 1. The Morgan fingerprint density at radius 2 is 1.18 bits per heavy atom. The zero-order valence-electron chi connectivity index (χ0n) is 36.4. The molecule has 11 atom stereocenters. The fourth-order valence-corrected chi connectivity index (χ4v) is 6.99. The third kappa shape index (κ3) is 15.6. The number of aromatic hydroxyl groups is 1. The number of rotatable bonds is 24. The molecule has 66 heavy (non-hydrogen) atoms. The van der Waals surface area contributed by atoms with Gasteiger partial charge in [0.15, 0.2) is 0 Å². The monoisotopic (exact) mass is 937 g/mol. The van der Waals surface area contributed by atoms with Gasteiger partial charge >= 0.3 is 11.9 Å². The quantitative estimate of drug-likeness (QED) is 0.0458. The van der Waals surface area contributed by atoms with Gasteiger partial charge in [0, 0.05) is 13.0 Å². The Balaban J connectivity index is 1.71.